The van der Waals surface area contributed by atoms with Crippen molar-refractivity contribution in [3.05, 3.63) is 82.7 Å². The van der Waals surface area contributed by atoms with Crippen molar-refractivity contribution in [1.82, 2.24) is 9.97 Å². The highest BCUT2D eigenvalue weighted by atomic mass is 15.2. The minimum Gasteiger partial charge on any atom is -0.307 e. The van der Waals surface area contributed by atoms with Gasteiger partial charge in [0.2, 0.25) is 0 Å². The van der Waals surface area contributed by atoms with E-state index in [2.05, 4.69) is 87.2 Å². The Balaban J connectivity index is 1.32. The zero-order valence-electron chi connectivity index (χ0n) is 20.9. The first-order chi connectivity index (χ1) is 16.3. The summed E-state index contributed by atoms with van der Waals surface area (Å²) in [4.78, 5) is 13.1. The molecule has 0 amide bonds. The van der Waals surface area contributed by atoms with Crippen LogP contribution < -0.4 is 4.90 Å². The molecule has 2 heterocycles. The minimum absolute atomic E-state index is 0.374. The largest absolute Gasteiger partial charge is 0.307 e. The zero-order chi connectivity index (χ0) is 23.2. The van der Waals surface area contributed by atoms with Crippen LogP contribution in [0.5, 0.6) is 0 Å². The van der Waals surface area contributed by atoms with E-state index in [-0.39, 0.29) is 0 Å². The molecule has 1 aromatic carbocycles. The maximum atomic E-state index is 5.36. The van der Waals surface area contributed by atoms with Gasteiger partial charge in [0.05, 0.1) is 6.54 Å². The van der Waals surface area contributed by atoms with Crippen LogP contribution in [0.3, 0.4) is 0 Å². The Kier molecular flexibility index (Phi) is 4.21. The van der Waals surface area contributed by atoms with Crippen LogP contribution in [0, 0.1) is 22.7 Å². The summed E-state index contributed by atoms with van der Waals surface area (Å²) in [6.45, 7) is 10.5. The van der Waals surface area contributed by atoms with Crippen LogP contribution in [0.25, 0.3) is 0 Å². The second-order valence-electron chi connectivity index (χ2n) is 12.5. The highest BCUT2D eigenvalue weighted by Gasteiger charge is 2.54. The smallest absolute Gasteiger partial charge is 0.134 e. The third-order valence-electron chi connectivity index (χ3n) is 10.3. The molecule has 0 spiro atoms. The zero-order valence-corrected chi connectivity index (χ0v) is 20.9. The number of aromatic nitrogens is 2. The van der Waals surface area contributed by atoms with E-state index in [4.69, 9.17) is 9.97 Å². The van der Waals surface area contributed by atoms with Gasteiger partial charge in [0.15, 0.2) is 0 Å². The van der Waals surface area contributed by atoms with Crippen LogP contribution in [0.2, 0.25) is 0 Å². The van der Waals surface area contributed by atoms with Crippen molar-refractivity contribution in [1.29, 1.82) is 0 Å². The quantitative estimate of drug-likeness (QED) is 0.422. The Hall–Kier alpha value is -2.68. The predicted octanol–water partition coefficient (Wildman–Crippen LogP) is 7.19. The molecular weight excluding hydrogens is 414 g/mol. The molecule has 4 bridgehead atoms. The Bertz CT molecular complexity index is 1200. The molecular formula is C31H35N3. The number of pyridine rings is 2. The first kappa shape index (κ1) is 20.7. The van der Waals surface area contributed by atoms with Crippen LogP contribution in [0.4, 0.5) is 11.6 Å². The fraction of sp³-hybridized carbons (Fsp3) is 0.484. The second-order valence-corrected chi connectivity index (χ2v) is 12.5. The van der Waals surface area contributed by atoms with Crippen molar-refractivity contribution < 1.29 is 0 Å². The van der Waals surface area contributed by atoms with E-state index in [1.165, 1.54) is 53.8 Å². The fourth-order valence-corrected chi connectivity index (χ4v) is 7.46. The lowest BCUT2D eigenvalue weighted by atomic mass is 9.48. The molecule has 0 N–H and O–H groups in total. The Morgan fingerprint density at radius 1 is 0.706 bits per heavy atom. The van der Waals surface area contributed by atoms with E-state index >= 15 is 0 Å². The van der Waals surface area contributed by atoms with Crippen molar-refractivity contribution in [2.75, 3.05) is 4.90 Å². The average molecular weight is 450 g/mol. The lowest BCUT2D eigenvalue weighted by Crippen LogP contribution is -2.48. The van der Waals surface area contributed by atoms with Gasteiger partial charge in [-0.25, -0.2) is 9.97 Å². The van der Waals surface area contributed by atoms with Crippen LogP contribution in [-0.2, 0) is 19.4 Å². The summed E-state index contributed by atoms with van der Waals surface area (Å²) < 4.78 is 0. The summed E-state index contributed by atoms with van der Waals surface area (Å²) >= 11 is 0. The molecule has 0 aliphatic heterocycles. The van der Waals surface area contributed by atoms with E-state index in [0.717, 1.165) is 30.0 Å². The summed E-state index contributed by atoms with van der Waals surface area (Å²) in [5.41, 5.74) is 7.63. The van der Waals surface area contributed by atoms with E-state index in [1.54, 1.807) is 0 Å². The van der Waals surface area contributed by atoms with Crippen LogP contribution >= 0.6 is 0 Å². The summed E-state index contributed by atoms with van der Waals surface area (Å²) in [5.74, 6) is 4.88. The van der Waals surface area contributed by atoms with Gasteiger partial charge in [0, 0.05) is 23.2 Å². The molecule has 174 valence electrons. The van der Waals surface area contributed by atoms with Crippen molar-refractivity contribution in [2.24, 2.45) is 22.7 Å². The molecule has 0 radical (unpaired) electrons. The predicted molar refractivity (Wildman–Crippen MR) is 137 cm³/mol. The van der Waals surface area contributed by atoms with Crippen molar-refractivity contribution in [3.63, 3.8) is 0 Å². The molecule has 9 rings (SSSR count). The molecule has 2 fully saturated rings. The maximum absolute atomic E-state index is 5.36. The first-order valence-corrected chi connectivity index (χ1v) is 13.1. The summed E-state index contributed by atoms with van der Waals surface area (Å²) in [6, 6.07) is 19.9. The molecule has 3 heteroatoms. The van der Waals surface area contributed by atoms with Gasteiger partial charge in [-0.2, -0.15) is 0 Å². The minimum atomic E-state index is 0.374. The summed E-state index contributed by atoms with van der Waals surface area (Å²) in [7, 11) is 0. The molecule has 3 aromatic rings. The lowest BCUT2D eigenvalue weighted by Gasteiger charge is -2.56. The third kappa shape index (κ3) is 2.82. The molecule has 2 saturated carbocycles. The van der Waals surface area contributed by atoms with Crippen LogP contribution in [-0.4, -0.2) is 9.97 Å². The monoisotopic (exact) mass is 449 g/mol. The van der Waals surface area contributed by atoms with Crippen LogP contribution in [0.15, 0.2) is 54.6 Å². The molecule has 34 heavy (non-hydrogen) atoms. The van der Waals surface area contributed by atoms with E-state index < -0.39 is 0 Å². The molecule has 6 aliphatic carbocycles. The van der Waals surface area contributed by atoms with E-state index in [9.17, 15) is 0 Å². The number of anilines is 2. The molecule has 3 nitrogen and oxygen atoms in total. The summed E-state index contributed by atoms with van der Waals surface area (Å²) in [6.07, 6.45) is 4.95. The Morgan fingerprint density at radius 2 is 1.21 bits per heavy atom. The number of nitrogens with zero attached hydrogens (tertiary/aromatic N) is 3. The SMILES string of the molecule is CC1(C)C2Cc3ccc(N(Cc4ccccc4)c4ccc5c(n4)C4CC(C5)C4(C)C)nc3C1C2. The van der Waals surface area contributed by atoms with E-state index in [1.807, 2.05) is 0 Å². The van der Waals surface area contributed by atoms with Crippen molar-refractivity contribution in [2.45, 2.75) is 71.8 Å². The second kappa shape index (κ2) is 6.93. The lowest BCUT2D eigenvalue weighted by molar-refractivity contribution is 0.0155. The molecule has 4 unspecified atom stereocenters. The van der Waals surface area contributed by atoms with Crippen molar-refractivity contribution >= 4 is 11.6 Å². The Morgan fingerprint density at radius 3 is 1.68 bits per heavy atom. The fourth-order valence-electron chi connectivity index (χ4n) is 7.46. The highest BCUT2D eigenvalue weighted by Crippen LogP contribution is 2.63. The van der Waals surface area contributed by atoms with Gasteiger partial charge in [-0.05, 0) is 77.2 Å². The molecule has 4 atom stereocenters. The number of hydrogen-bond donors (Lipinski definition) is 0. The van der Waals surface area contributed by atoms with Crippen molar-refractivity contribution in [3.8, 4) is 0 Å². The average Bonchev–Trinajstić information content (AvgIpc) is 2.86. The van der Waals surface area contributed by atoms with Gasteiger partial charge in [-0.3, -0.25) is 0 Å². The number of rotatable bonds is 4. The maximum Gasteiger partial charge on any atom is 0.134 e. The number of hydrogen-bond acceptors (Lipinski definition) is 3. The Labute approximate surface area is 203 Å². The molecule has 2 aromatic heterocycles. The van der Waals surface area contributed by atoms with E-state index in [0.29, 0.717) is 22.7 Å². The van der Waals surface area contributed by atoms with Gasteiger partial charge in [-0.15, -0.1) is 0 Å². The van der Waals surface area contributed by atoms with Crippen LogP contribution in [0.1, 0.15) is 80.5 Å². The van der Waals surface area contributed by atoms with Gasteiger partial charge in [-0.1, -0.05) is 70.2 Å². The third-order valence-corrected chi connectivity index (χ3v) is 10.3. The summed E-state index contributed by atoms with van der Waals surface area (Å²) in [5, 5.41) is 0. The first-order valence-electron chi connectivity index (χ1n) is 13.1. The molecule has 6 aliphatic rings. The standard InChI is InChI=1S/C31H35N3/c1-30(2)22-14-20-10-12-26(32-28(20)24(30)16-22)34(18-19-8-6-5-7-9-19)27-13-11-21-15-23-17-25(29(21)33-27)31(23,3)4/h5-13,22-25H,14-18H2,1-4H3. The van der Waals surface area contributed by atoms with Gasteiger partial charge in [0.1, 0.15) is 11.6 Å². The topological polar surface area (TPSA) is 29.0 Å². The van der Waals surface area contributed by atoms with Gasteiger partial charge < -0.3 is 4.90 Å². The highest BCUT2D eigenvalue weighted by molar-refractivity contribution is 5.59. The number of benzene rings is 1. The van der Waals surface area contributed by atoms with Gasteiger partial charge in [0.25, 0.3) is 0 Å². The van der Waals surface area contributed by atoms with Gasteiger partial charge >= 0.3 is 0 Å². The molecule has 0 saturated heterocycles. The normalized spacial score (nSPS) is 28.7.